The molecule has 1 saturated carbocycles. The summed E-state index contributed by atoms with van der Waals surface area (Å²) >= 11 is 0. The summed E-state index contributed by atoms with van der Waals surface area (Å²) in [5.41, 5.74) is 6.01. The van der Waals surface area contributed by atoms with E-state index in [1.54, 1.807) is 0 Å². The zero-order valence-corrected chi connectivity index (χ0v) is 22.2. The Morgan fingerprint density at radius 3 is 2.71 bits per heavy atom. The van der Waals surface area contributed by atoms with Crippen molar-refractivity contribution < 1.29 is 9.53 Å². The van der Waals surface area contributed by atoms with Gasteiger partial charge in [0.25, 0.3) is 0 Å². The Hall–Kier alpha value is -3.72. The SMILES string of the molecule is CCOc1c(-c2cnn(CC)c2)ccc2[nH]c(Cc3cc(CN4CCN(C(=O)C5CC5)CC4)ccn3)nc12. The summed E-state index contributed by atoms with van der Waals surface area (Å²) in [4.78, 5) is 29.8. The van der Waals surface area contributed by atoms with E-state index in [0.717, 1.165) is 91.5 Å². The fourth-order valence-electron chi connectivity index (χ4n) is 5.25. The smallest absolute Gasteiger partial charge is 0.225 e. The first-order valence-electron chi connectivity index (χ1n) is 13.7. The minimum absolute atomic E-state index is 0.304. The van der Waals surface area contributed by atoms with E-state index in [0.29, 0.717) is 24.9 Å². The van der Waals surface area contributed by atoms with Crippen LogP contribution in [-0.4, -0.2) is 73.2 Å². The summed E-state index contributed by atoms with van der Waals surface area (Å²) in [6, 6.07) is 8.39. The molecule has 0 bridgehead atoms. The molecule has 1 amide bonds. The molecule has 0 radical (unpaired) electrons. The second kappa shape index (κ2) is 10.6. The lowest BCUT2D eigenvalue weighted by Crippen LogP contribution is -2.48. The van der Waals surface area contributed by atoms with Gasteiger partial charge in [-0.05, 0) is 56.5 Å². The molecular weight excluding hydrogens is 478 g/mol. The first-order valence-corrected chi connectivity index (χ1v) is 13.7. The topological polar surface area (TPSA) is 92.2 Å². The van der Waals surface area contributed by atoms with Crippen LogP contribution < -0.4 is 4.74 Å². The number of carbonyl (C=O) groups excluding carboxylic acids is 1. The molecule has 4 heterocycles. The molecule has 38 heavy (non-hydrogen) atoms. The van der Waals surface area contributed by atoms with Gasteiger partial charge in [-0.2, -0.15) is 5.10 Å². The van der Waals surface area contributed by atoms with Crippen LogP contribution in [0.25, 0.3) is 22.2 Å². The van der Waals surface area contributed by atoms with Crippen molar-refractivity contribution in [1.29, 1.82) is 0 Å². The van der Waals surface area contributed by atoms with E-state index in [4.69, 9.17) is 9.72 Å². The van der Waals surface area contributed by atoms with Crippen LogP contribution in [-0.2, 0) is 24.3 Å². The van der Waals surface area contributed by atoms with Gasteiger partial charge in [-0.1, -0.05) is 0 Å². The minimum Gasteiger partial charge on any atom is -0.491 e. The van der Waals surface area contributed by atoms with Crippen LogP contribution in [0, 0.1) is 5.92 Å². The molecule has 9 nitrogen and oxygen atoms in total. The van der Waals surface area contributed by atoms with E-state index in [1.165, 1.54) is 5.56 Å². The average Bonchev–Trinajstić information content (AvgIpc) is 3.53. The van der Waals surface area contributed by atoms with Gasteiger partial charge in [0.2, 0.25) is 5.91 Å². The number of rotatable bonds is 9. The predicted molar refractivity (Wildman–Crippen MR) is 146 cm³/mol. The summed E-state index contributed by atoms with van der Waals surface area (Å²) in [5.74, 6) is 2.31. The van der Waals surface area contributed by atoms with E-state index in [9.17, 15) is 4.79 Å². The molecule has 1 aliphatic carbocycles. The van der Waals surface area contributed by atoms with E-state index in [1.807, 2.05) is 35.1 Å². The summed E-state index contributed by atoms with van der Waals surface area (Å²) in [6.07, 6.45) is 8.56. The van der Waals surface area contributed by atoms with Gasteiger partial charge >= 0.3 is 0 Å². The molecule has 2 aliphatic rings. The molecule has 0 spiro atoms. The van der Waals surface area contributed by atoms with Crippen molar-refractivity contribution in [3.8, 4) is 16.9 Å². The first kappa shape index (κ1) is 24.6. The molecule has 2 fully saturated rings. The third-order valence-electron chi connectivity index (χ3n) is 7.46. The van der Waals surface area contributed by atoms with Crippen LogP contribution in [0.2, 0.25) is 0 Å². The van der Waals surface area contributed by atoms with Gasteiger partial charge < -0.3 is 14.6 Å². The molecule has 0 atom stereocenters. The number of ether oxygens (including phenoxy) is 1. The number of pyridine rings is 1. The van der Waals surface area contributed by atoms with Gasteiger partial charge in [-0.25, -0.2) is 4.98 Å². The highest BCUT2D eigenvalue weighted by molar-refractivity contribution is 5.90. The number of nitrogens with zero attached hydrogens (tertiary/aromatic N) is 6. The number of benzene rings is 1. The van der Waals surface area contributed by atoms with Crippen molar-refractivity contribution in [2.75, 3.05) is 32.8 Å². The van der Waals surface area contributed by atoms with Crippen molar-refractivity contribution in [3.05, 3.63) is 59.9 Å². The quantitative estimate of drug-likeness (QED) is 0.365. The van der Waals surface area contributed by atoms with Gasteiger partial charge in [-0.3, -0.25) is 19.4 Å². The summed E-state index contributed by atoms with van der Waals surface area (Å²) in [7, 11) is 0. The molecule has 1 saturated heterocycles. The summed E-state index contributed by atoms with van der Waals surface area (Å²) < 4.78 is 8.00. The third-order valence-corrected chi connectivity index (χ3v) is 7.46. The molecule has 6 rings (SSSR count). The number of aromatic amines is 1. The number of nitrogens with one attached hydrogen (secondary N) is 1. The number of aromatic nitrogens is 5. The maximum absolute atomic E-state index is 12.3. The second-order valence-electron chi connectivity index (χ2n) is 10.2. The third kappa shape index (κ3) is 5.15. The number of amides is 1. The van der Waals surface area contributed by atoms with Gasteiger partial charge in [0.15, 0.2) is 5.75 Å². The number of hydrogen-bond donors (Lipinski definition) is 1. The molecule has 9 heteroatoms. The van der Waals surface area contributed by atoms with Gasteiger partial charge in [0.05, 0.1) is 18.3 Å². The Kier molecular flexibility index (Phi) is 6.84. The van der Waals surface area contributed by atoms with Gasteiger partial charge in [0.1, 0.15) is 11.3 Å². The van der Waals surface area contributed by atoms with Gasteiger partial charge in [0, 0.05) is 80.8 Å². The van der Waals surface area contributed by atoms with E-state index in [2.05, 4.69) is 51.2 Å². The Bertz CT molecular complexity index is 1430. The predicted octanol–water partition coefficient (Wildman–Crippen LogP) is 3.89. The average molecular weight is 514 g/mol. The Morgan fingerprint density at radius 1 is 1.13 bits per heavy atom. The second-order valence-corrected chi connectivity index (χ2v) is 10.2. The van der Waals surface area contributed by atoms with Crippen molar-refractivity contribution >= 4 is 16.9 Å². The number of imidazole rings is 1. The van der Waals surface area contributed by atoms with Crippen LogP contribution in [0.15, 0.2) is 42.9 Å². The van der Waals surface area contributed by atoms with E-state index >= 15 is 0 Å². The number of carbonyl (C=O) groups is 1. The van der Waals surface area contributed by atoms with Crippen LogP contribution >= 0.6 is 0 Å². The molecule has 4 aromatic rings. The summed E-state index contributed by atoms with van der Waals surface area (Å²) in [6.45, 7) is 9.80. The van der Waals surface area contributed by atoms with Gasteiger partial charge in [-0.15, -0.1) is 0 Å². The highest BCUT2D eigenvalue weighted by Gasteiger charge is 2.34. The molecular formula is C29H35N7O2. The maximum atomic E-state index is 12.3. The molecule has 1 N–H and O–H groups in total. The van der Waals surface area contributed by atoms with Crippen molar-refractivity contribution in [2.24, 2.45) is 5.92 Å². The largest absolute Gasteiger partial charge is 0.491 e. The number of aryl methyl sites for hydroxylation is 1. The van der Waals surface area contributed by atoms with Crippen LogP contribution in [0.5, 0.6) is 5.75 Å². The molecule has 1 aliphatic heterocycles. The molecule has 3 aromatic heterocycles. The van der Waals surface area contributed by atoms with Crippen LogP contribution in [0.1, 0.15) is 43.8 Å². The Morgan fingerprint density at radius 2 is 1.97 bits per heavy atom. The number of H-pyrrole nitrogens is 1. The molecule has 198 valence electrons. The fraction of sp³-hybridized carbons (Fsp3) is 0.448. The van der Waals surface area contributed by atoms with E-state index < -0.39 is 0 Å². The first-order chi connectivity index (χ1) is 18.6. The lowest BCUT2D eigenvalue weighted by molar-refractivity contribution is -0.134. The molecule has 1 aromatic carbocycles. The van der Waals surface area contributed by atoms with Crippen molar-refractivity contribution in [3.63, 3.8) is 0 Å². The van der Waals surface area contributed by atoms with Crippen molar-refractivity contribution in [2.45, 2.75) is 46.2 Å². The zero-order chi connectivity index (χ0) is 26.1. The highest BCUT2D eigenvalue weighted by Crippen LogP contribution is 2.36. The Labute approximate surface area is 222 Å². The van der Waals surface area contributed by atoms with E-state index in [-0.39, 0.29) is 0 Å². The standard InChI is InChI=1S/C29H35N7O2/c1-3-36-19-22(17-31-36)24-7-8-25-27(28(24)38-4-2)33-26(32-25)16-23-15-20(9-10-30-23)18-34-11-13-35(14-12-34)29(37)21-5-6-21/h7-10,15,17,19,21H,3-6,11-14,16,18H2,1-2H3,(H,32,33). The van der Waals surface area contributed by atoms with Crippen molar-refractivity contribution in [1.82, 2.24) is 34.5 Å². The summed E-state index contributed by atoms with van der Waals surface area (Å²) in [5, 5.41) is 4.43. The number of hydrogen-bond acceptors (Lipinski definition) is 6. The Balaban J connectivity index is 1.16. The lowest BCUT2D eigenvalue weighted by Gasteiger charge is -2.35. The normalized spacial score (nSPS) is 16.3. The zero-order valence-electron chi connectivity index (χ0n) is 22.2. The monoisotopic (exact) mass is 513 g/mol. The minimum atomic E-state index is 0.304. The van der Waals surface area contributed by atoms with Crippen LogP contribution in [0.3, 0.4) is 0 Å². The fourth-order valence-corrected chi connectivity index (χ4v) is 5.25. The highest BCUT2D eigenvalue weighted by atomic mass is 16.5. The van der Waals surface area contributed by atoms with Crippen LogP contribution in [0.4, 0.5) is 0 Å². The number of piperazine rings is 1. The lowest BCUT2D eigenvalue weighted by atomic mass is 10.1. The number of fused-ring (bicyclic) bond motifs is 1. The maximum Gasteiger partial charge on any atom is 0.225 e. The molecule has 0 unspecified atom stereocenters.